The normalized spacial score (nSPS) is 24.7. The van der Waals surface area contributed by atoms with Gasteiger partial charge < -0.3 is 5.11 Å². The standard InChI is InChI=1S/C17H34O/c1-16(2)17(18)14-12-10-8-6-4-3-5-7-9-11-13-15-17/h16,18H,3-15H2,1-2H3. The van der Waals surface area contributed by atoms with Crippen LogP contribution in [-0.2, 0) is 0 Å². The highest BCUT2D eigenvalue weighted by Gasteiger charge is 2.29. The van der Waals surface area contributed by atoms with Crippen molar-refractivity contribution in [1.82, 2.24) is 0 Å². The van der Waals surface area contributed by atoms with Gasteiger partial charge in [-0.3, -0.25) is 0 Å². The van der Waals surface area contributed by atoms with Crippen molar-refractivity contribution in [1.29, 1.82) is 0 Å². The predicted molar refractivity (Wildman–Crippen MR) is 79.8 cm³/mol. The minimum atomic E-state index is -0.385. The van der Waals surface area contributed by atoms with Gasteiger partial charge in [0.2, 0.25) is 0 Å². The Labute approximate surface area is 114 Å². The second-order valence-electron chi connectivity index (χ2n) is 6.65. The van der Waals surface area contributed by atoms with E-state index in [1.165, 1.54) is 70.6 Å². The highest BCUT2D eigenvalue weighted by Crippen LogP contribution is 2.30. The molecule has 1 nitrogen and oxygen atoms in total. The minimum Gasteiger partial charge on any atom is -0.390 e. The molecule has 1 rings (SSSR count). The topological polar surface area (TPSA) is 20.2 Å². The quantitative estimate of drug-likeness (QED) is 0.659. The molecule has 0 heterocycles. The first-order chi connectivity index (χ1) is 8.65. The molecule has 0 spiro atoms. The van der Waals surface area contributed by atoms with Gasteiger partial charge in [0.05, 0.1) is 5.60 Å². The van der Waals surface area contributed by atoms with E-state index in [4.69, 9.17) is 0 Å². The molecule has 108 valence electrons. The van der Waals surface area contributed by atoms with Crippen molar-refractivity contribution in [2.24, 2.45) is 5.92 Å². The highest BCUT2D eigenvalue weighted by atomic mass is 16.3. The fourth-order valence-corrected chi connectivity index (χ4v) is 3.16. The van der Waals surface area contributed by atoms with Gasteiger partial charge in [0.15, 0.2) is 0 Å². The molecular formula is C17H34O. The van der Waals surface area contributed by atoms with Crippen molar-refractivity contribution in [3.63, 3.8) is 0 Å². The molecule has 0 atom stereocenters. The summed E-state index contributed by atoms with van der Waals surface area (Å²) in [7, 11) is 0. The van der Waals surface area contributed by atoms with E-state index >= 15 is 0 Å². The molecule has 1 N–H and O–H groups in total. The predicted octanol–water partition coefficient (Wildman–Crippen LogP) is 5.46. The fourth-order valence-electron chi connectivity index (χ4n) is 3.16. The summed E-state index contributed by atoms with van der Waals surface area (Å²) in [4.78, 5) is 0. The van der Waals surface area contributed by atoms with Gasteiger partial charge in [0.25, 0.3) is 0 Å². The van der Waals surface area contributed by atoms with E-state index in [1.54, 1.807) is 0 Å². The second-order valence-corrected chi connectivity index (χ2v) is 6.65. The number of hydrogen-bond donors (Lipinski definition) is 1. The summed E-state index contributed by atoms with van der Waals surface area (Å²) in [6.07, 6.45) is 16.9. The Morgan fingerprint density at radius 2 is 0.889 bits per heavy atom. The molecule has 18 heavy (non-hydrogen) atoms. The molecule has 0 aromatic carbocycles. The third kappa shape index (κ3) is 6.22. The Kier molecular flexibility index (Phi) is 7.97. The van der Waals surface area contributed by atoms with Crippen LogP contribution < -0.4 is 0 Å². The molecule has 0 bridgehead atoms. The summed E-state index contributed by atoms with van der Waals surface area (Å²) >= 11 is 0. The van der Waals surface area contributed by atoms with Gasteiger partial charge in [-0.15, -0.1) is 0 Å². The van der Waals surface area contributed by atoms with Crippen LogP contribution in [0.2, 0.25) is 0 Å². The van der Waals surface area contributed by atoms with Gasteiger partial charge in [-0.1, -0.05) is 84.5 Å². The SMILES string of the molecule is CC(C)C1(O)CCCCCCCCCCCCC1. The number of rotatable bonds is 1. The first kappa shape index (κ1) is 16.0. The van der Waals surface area contributed by atoms with Crippen LogP contribution in [0.5, 0.6) is 0 Å². The molecule has 0 aliphatic heterocycles. The Hall–Kier alpha value is -0.0400. The van der Waals surface area contributed by atoms with Crippen LogP contribution in [0.25, 0.3) is 0 Å². The summed E-state index contributed by atoms with van der Waals surface area (Å²) in [6, 6.07) is 0. The lowest BCUT2D eigenvalue weighted by molar-refractivity contribution is -0.0250. The molecular weight excluding hydrogens is 220 g/mol. The van der Waals surface area contributed by atoms with Gasteiger partial charge in [0, 0.05) is 0 Å². The van der Waals surface area contributed by atoms with Crippen LogP contribution in [0.1, 0.15) is 97.3 Å². The Balaban J connectivity index is 2.39. The average Bonchev–Trinajstić information content (AvgIpc) is 2.34. The fraction of sp³-hybridized carbons (Fsp3) is 1.00. The van der Waals surface area contributed by atoms with E-state index in [0.29, 0.717) is 5.92 Å². The Morgan fingerprint density at radius 1 is 0.611 bits per heavy atom. The summed E-state index contributed by atoms with van der Waals surface area (Å²) in [5, 5.41) is 10.8. The summed E-state index contributed by atoms with van der Waals surface area (Å²) in [5.74, 6) is 0.408. The third-order valence-electron chi connectivity index (χ3n) is 4.79. The molecule has 1 aliphatic rings. The van der Waals surface area contributed by atoms with Crippen LogP contribution in [0, 0.1) is 5.92 Å². The smallest absolute Gasteiger partial charge is 0.0670 e. The van der Waals surface area contributed by atoms with Crippen LogP contribution in [0.15, 0.2) is 0 Å². The molecule has 0 saturated heterocycles. The molecule has 0 radical (unpaired) electrons. The molecule has 1 heteroatoms. The molecule has 1 saturated carbocycles. The van der Waals surface area contributed by atoms with E-state index in [9.17, 15) is 5.11 Å². The van der Waals surface area contributed by atoms with Gasteiger partial charge in [-0.2, -0.15) is 0 Å². The van der Waals surface area contributed by atoms with E-state index in [-0.39, 0.29) is 5.60 Å². The summed E-state index contributed by atoms with van der Waals surface area (Å²) < 4.78 is 0. The lowest BCUT2D eigenvalue weighted by Crippen LogP contribution is -2.34. The lowest BCUT2D eigenvalue weighted by Gasteiger charge is -2.32. The molecule has 1 fully saturated rings. The van der Waals surface area contributed by atoms with Crippen LogP contribution >= 0.6 is 0 Å². The largest absolute Gasteiger partial charge is 0.390 e. The Morgan fingerprint density at radius 3 is 1.17 bits per heavy atom. The highest BCUT2D eigenvalue weighted by molar-refractivity contribution is 4.81. The maximum absolute atomic E-state index is 10.8. The van der Waals surface area contributed by atoms with Crippen molar-refractivity contribution < 1.29 is 5.11 Å². The molecule has 0 aromatic rings. The molecule has 0 amide bonds. The maximum Gasteiger partial charge on any atom is 0.0670 e. The Bertz CT molecular complexity index is 184. The van der Waals surface area contributed by atoms with Gasteiger partial charge >= 0.3 is 0 Å². The maximum atomic E-state index is 10.8. The van der Waals surface area contributed by atoms with Crippen molar-refractivity contribution in [3.05, 3.63) is 0 Å². The van der Waals surface area contributed by atoms with Crippen LogP contribution in [0.4, 0.5) is 0 Å². The second kappa shape index (κ2) is 8.96. The molecule has 0 unspecified atom stereocenters. The van der Waals surface area contributed by atoms with Gasteiger partial charge in [-0.05, 0) is 18.8 Å². The first-order valence-electron chi connectivity index (χ1n) is 8.37. The van der Waals surface area contributed by atoms with Crippen molar-refractivity contribution in [3.8, 4) is 0 Å². The van der Waals surface area contributed by atoms with Crippen LogP contribution in [0.3, 0.4) is 0 Å². The van der Waals surface area contributed by atoms with Crippen molar-refractivity contribution >= 4 is 0 Å². The zero-order chi connectivity index (χ0) is 13.3. The summed E-state index contributed by atoms with van der Waals surface area (Å²) in [6.45, 7) is 4.37. The molecule has 1 aliphatic carbocycles. The summed E-state index contributed by atoms with van der Waals surface area (Å²) in [5.41, 5.74) is -0.385. The monoisotopic (exact) mass is 254 g/mol. The first-order valence-corrected chi connectivity index (χ1v) is 8.37. The third-order valence-corrected chi connectivity index (χ3v) is 4.79. The molecule has 0 aromatic heterocycles. The zero-order valence-corrected chi connectivity index (χ0v) is 12.7. The number of hydrogen-bond acceptors (Lipinski definition) is 1. The van der Waals surface area contributed by atoms with Crippen molar-refractivity contribution in [2.45, 2.75) is 103 Å². The van der Waals surface area contributed by atoms with E-state index in [2.05, 4.69) is 13.8 Å². The van der Waals surface area contributed by atoms with Crippen molar-refractivity contribution in [2.75, 3.05) is 0 Å². The van der Waals surface area contributed by atoms with Gasteiger partial charge in [-0.25, -0.2) is 0 Å². The lowest BCUT2D eigenvalue weighted by atomic mass is 9.81. The van der Waals surface area contributed by atoms with Gasteiger partial charge in [0.1, 0.15) is 0 Å². The van der Waals surface area contributed by atoms with Crippen LogP contribution in [-0.4, -0.2) is 10.7 Å². The average molecular weight is 254 g/mol. The zero-order valence-electron chi connectivity index (χ0n) is 12.7. The van der Waals surface area contributed by atoms with E-state index in [1.807, 2.05) is 0 Å². The van der Waals surface area contributed by atoms with E-state index < -0.39 is 0 Å². The number of aliphatic hydroxyl groups is 1. The minimum absolute atomic E-state index is 0.385. The van der Waals surface area contributed by atoms with E-state index in [0.717, 1.165) is 12.8 Å².